The Morgan fingerprint density at radius 1 is 1.02 bits per heavy atom. The molecule has 1 aliphatic rings. The molecule has 14 heteroatoms. The topological polar surface area (TPSA) is 145 Å². The van der Waals surface area contributed by atoms with E-state index >= 15 is 0 Å². The van der Waals surface area contributed by atoms with Crippen LogP contribution in [0.1, 0.15) is 21.5 Å². The average molecular weight is 555 g/mol. The van der Waals surface area contributed by atoms with E-state index in [1.807, 2.05) is 5.32 Å². The van der Waals surface area contributed by atoms with Crippen LogP contribution >= 0.6 is 0 Å². The van der Waals surface area contributed by atoms with E-state index in [1.54, 1.807) is 0 Å². The van der Waals surface area contributed by atoms with Crippen molar-refractivity contribution in [2.24, 2.45) is 0 Å². The molecule has 0 saturated carbocycles. The number of barbiturate groups is 1. The van der Waals surface area contributed by atoms with Gasteiger partial charge in [-0.15, -0.1) is 0 Å². The second kappa shape index (κ2) is 10.7. The normalized spacial score (nSPS) is 14.7. The summed E-state index contributed by atoms with van der Waals surface area (Å²) in [7, 11) is 1.19. The number of rotatable bonds is 6. The van der Waals surface area contributed by atoms with Gasteiger partial charge in [0.25, 0.3) is 11.8 Å². The molecule has 0 atom stereocenters. The SMILES string of the molecule is COC(=O)c1ccc(N2C(=O)NC(=O)/C(=C/c3cccc(Oc4ccc(C(F)(F)F)cc4[N+](=O)[O-])c3)C2=O)cc1. The maximum atomic E-state index is 13.1. The van der Waals surface area contributed by atoms with Crippen molar-refractivity contribution >= 4 is 41.3 Å². The molecular formula is C26H16F3N3O8. The van der Waals surface area contributed by atoms with Gasteiger partial charge in [0, 0.05) is 6.07 Å². The number of nitro benzene ring substituents is 1. The first-order chi connectivity index (χ1) is 18.9. The van der Waals surface area contributed by atoms with Crippen molar-refractivity contribution in [1.29, 1.82) is 0 Å². The van der Waals surface area contributed by atoms with E-state index < -0.39 is 57.5 Å². The Labute approximate surface area is 222 Å². The van der Waals surface area contributed by atoms with E-state index in [9.17, 15) is 42.5 Å². The number of nitrogens with one attached hydrogen (secondary N) is 1. The third kappa shape index (κ3) is 5.65. The number of halogens is 3. The van der Waals surface area contributed by atoms with Crippen LogP contribution in [0.3, 0.4) is 0 Å². The Morgan fingerprint density at radius 2 is 1.73 bits per heavy atom. The van der Waals surface area contributed by atoms with Gasteiger partial charge < -0.3 is 9.47 Å². The Bertz CT molecular complexity index is 1580. The van der Waals surface area contributed by atoms with Crippen molar-refractivity contribution < 1.29 is 46.7 Å². The molecule has 1 saturated heterocycles. The quantitative estimate of drug-likeness (QED) is 0.149. The number of carbonyl (C=O) groups is 4. The van der Waals surface area contributed by atoms with Gasteiger partial charge in [0.1, 0.15) is 11.3 Å². The largest absolute Gasteiger partial charge is 0.465 e. The average Bonchev–Trinajstić information content (AvgIpc) is 2.90. The van der Waals surface area contributed by atoms with E-state index in [0.717, 1.165) is 12.1 Å². The summed E-state index contributed by atoms with van der Waals surface area (Å²) in [6.07, 6.45) is -3.67. The highest BCUT2D eigenvalue weighted by atomic mass is 19.4. The molecule has 1 aliphatic heterocycles. The van der Waals surface area contributed by atoms with Crippen molar-refractivity contribution in [3.8, 4) is 11.5 Å². The van der Waals surface area contributed by atoms with Crippen molar-refractivity contribution in [2.75, 3.05) is 12.0 Å². The number of urea groups is 1. The van der Waals surface area contributed by atoms with Gasteiger partial charge in [-0.25, -0.2) is 14.5 Å². The van der Waals surface area contributed by atoms with E-state index in [1.165, 1.54) is 55.6 Å². The van der Waals surface area contributed by atoms with Crippen LogP contribution < -0.4 is 15.0 Å². The molecule has 0 radical (unpaired) electrons. The Hall–Kier alpha value is -5.53. The summed E-state index contributed by atoms with van der Waals surface area (Å²) in [5.74, 6) is -3.14. The maximum absolute atomic E-state index is 13.1. The summed E-state index contributed by atoms with van der Waals surface area (Å²) in [5, 5.41) is 13.4. The van der Waals surface area contributed by atoms with Gasteiger partial charge in [0.05, 0.1) is 28.8 Å². The zero-order chi connectivity index (χ0) is 29.2. The highest BCUT2D eigenvalue weighted by Crippen LogP contribution is 2.38. The van der Waals surface area contributed by atoms with Crippen LogP contribution in [0, 0.1) is 10.1 Å². The van der Waals surface area contributed by atoms with Gasteiger partial charge in [-0.2, -0.15) is 13.2 Å². The summed E-state index contributed by atoms with van der Waals surface area (Å²) < 4.78 is 49.0. The van der Waals surface area contributed by atoms with Crippen LogP contribution in [-0.4, -0.2) is 35.8 Å². The molecule has 0 unspecified atom stereocenters. The summed E-state index contributed by atoms with van der Waals surface area (Å²) >= 11 is 0. The van der Waals surface area contributed by atoms with Crippen LogP contribution in [0.2, 0.25) is 0 Å². The first kappa shape index (κ1) is 27.5. The Kier molecular flexibility index (Phi) is 7.35. The molecule has 1 N–H and O–H groups in total. The highest BCUT2D eigenvalue weighted by Gasteiger charge is 2.37. The molecule has 4 amide bonds. The van der Waals surface area contributed by atoms with E-state index in [2.05, 4.69) is 4.74 Å². The van der Waals surface area contributed by atoms with Crippen LogP contribution in [0.15, 0.2) is 72.3 Å². The summed E-state index contributed by atoms with van der Waals surface area (Å²) in [6, 6.07) is 11.5. The number of hydrogen-bond acceptors (Lipinski definition) is 8. The predicted octanol–water partition coefficient (Wildman–Crippen LogP) is 4.86. The fraction of sp³-hybridized carbons (Fsp3) is 0.0769. The Balaban J connectivity index is 1.63. The third-order valence-corrected chi connectivity index (χ3v) is 5.53. The number of carbonyl (C=O) groups excluding carboxylic acids is 4. The second-order valence-electron chi connectivity index (χ2n) is 8.11. The van der Waals surface area contributed by atoms with Crippen molar-refractivity contribution in [1.82, 2.24) is 5.32 Å². The molecule has 0 bridgehead atoms. The van der Waals surface area contributed by atoms with Crippen molar-refractivity contribution in [3.05, 3.63) is 99.1 Å². The van der Waals surface area contributed by atoms with Gasteiger partial charge >= 0.3 is 23.9 Å². The standard InChI is InChI=1S/C26H16F3N3O8/c1-39-24(35)15-5-8-17(9-6-15)31-23(34)19(22(33)30-25(31)36)12-14-3-2-4-18(11-14)40-21-10-7-16(26(27,28)29)13-20(21)32(37)38/h2-13H,1H3,(H,30,33,36)/b19-12-. The second-order valence-corrected chi connectivity index (χ2v) is 8.11. The predicted molar refractivity (Wildman–Crippen MR) is 131 cm³/mol. The molecule has 3 aromatic carbocycles. The molecule has 0 aliphatic carbocycles. The van der Waals surface area contributed by atoms with Gasteiger partial charge in [0.2, 0.25) is 5.75 Å². The number of hydrogen-bond donors (Lipinski definition) is 1. The molecule has 204 valence electrons. The number of esters is 1. The monoisotopic (exact) mass is 555 g/mol. The lowest BCUT2D eigenvalue weighted by Gasteiger charge is -2.26. The van der Waals surface area contributed by atoms with Crippen molar-refractivity contribution in [3.63, 3.8) is 0 Å². The van der Waals surface area contributed by atoms with Gasteiger partial charge in [-0.05, 0) is 60.2 Å². The summed E-state index contributed by atoms with van der Waals surface area (Å²) in [5.41, 5.74) is -2.19. The molecule has 40 heavy (non-hydrogen) atoms. The first-order valence-electron chi connectivity index (χ1n) is 11.1. The molecule has 1 fully saturated rings. The molecule has 1 heterocycles. The molecule has 4 rings (SSSR count). The minimum atomic E-state index is -4.80. The van der Waals surface area contributed by atoms with Gasteiger partial charge in [-0.1, -0.05) is 12.1 Å². The third-order valence-electron chi connectivity index (χ3n) is 5.53. The van der Waals surface area contributed by atoms with Crippen molar-refractivity contribution in [2.45, 2.75) is 6.18 Å². The number of nitro groups is 1. The van der Waals surface area contributed by atoms with Gasteiger partial charge in [0.15, 0.2) is 0 Å². The molecule has 11 nitrogen and oxygen atoms in total. The summed E-state index contributed by atoms with van der Waals surface area (Å²) in [4.78, 5) is 60.7. The fourth-order valence-corrected chi connectivity index (χ4v) is 3.64. The van der Waals surface area contributed by atoms with E-state index in [-0.39, 0.29) is 22.6 Å². The highest BCUT2D eigenvalue weighted by molar-refractivity contribution is 6.39. The molecule has 3 aromatic rings. The number of methoxy groups -OCH3 is 1. The summed E-state index contributed by atoms with van der Waals surface area (Å²) in [6.45, 7) is 0. The Morgan fingerprint density at radius 3 is 2.35 bits per heavy atom. The maximum Gasteiger partial charge on any atom is 0.416 e. The molecule has 0 spiro atoms. The number of anilines is 1. The number of amides is 4. The zero-order valence-electron chi connectivity index (χ0n) is 20.2. The number of imide groups is 2. The minimum absolute atomic E-state index is 0.0489. The lowest BCUT2D eigenvalue weighted by atomic mass is 10.1. The lowest BCUT2D eigenvalue weighted by Crippen LogP contribution is -2.54. The number of ether oxygens (including phenoxy) is 2. The number of alkyl halides is 3. The number of benzene rings is 3. The number of nitrogens with zero attached hydrogens (tertiary/aromatic N) is 2. The molecule has 0 aromatic heterocycles. The van der Waals surface area contributed by atoms with E-state index in [4.69, 9.17) is 4.74 Å². The van der Waals surface area contributed by atoms with Crippen LogP contribution in [-0.2, 0) is 20.5 Å². The van der Waals surface area contributed by atoms with Crippen LogP contribution in [0.4, 0.5) is 29.3 Å². The van der Waals surface area contributed by atoms with Crippen LogP contribution in [0.5, 0.6) is 11.5 Å². The smallest absolute Gasteiger partial charge is 0.416 e. The fourth-order valence-electron chi connectivity index (χ4n) is 3.64. The van der Waals surface area contributed by atoms with Gasteiger partial charge in [-0.3, -0.25) is 25.0 Å². The van der Waals surface area contributed by atoms with Crippen LogP contribution in [0.25, 0.3) is 6.08 Å². The van der Waals surface area contributed by atoms with E-state index in [0.29, 0.717) is 17.0 Å². The molecular weight excluding hydrogens is 539 g/mol. The lowest BCUT2D eigenvalue weighted by molar-refractivity contribution is -0.385. The minimum Gasteiger partial charge on any atom is -0.465 e. The zero-order valence-corrected chi connectivity index (χ0v) is 20.2. The first-order valence-corrected chi connectivity index (χ1v) is 11.1.